The molecule has 1 aliphatic carbocycles. The van der Waals surface area contributed by atoms with Crippen LogP contribution in [0.25, 0.3) is 10.9 Å². The zero-order valence-electron chi connectivity index (χ0n) is 16.2. The summed E-state index contributed by atoms with van der Waals surface area (Å²) in [6.45, 7) is 4.03. The van der Waals surface area contributed by atoms with Gasteiger partial charge in [-0.25, -0.2) is 9.48 Å². The standard InChI is InChI=1S/C20H26N4O4/c1-12(2)17(20(27)28)21-18(25)14-9-7-13(8-10-14)11-24-19(26)15-5-3-4-6-16(15)22-23-24/h3-6,12-14,17H,7-11H2,1-2H3,(H,21,25)(H,27,28). The summed E-state index contributed by atoms with van der Waals surface area (Å²) in [6, 6.07) is 6.27. The number of amides is 1. The third-order valence-electron chi connectivity index (χ3n) is 5.51. The Bertz CT molecular complexity index is 916. The van der Waals surface area contributed by atoms with Crippen LogP contribution in [0.3, 0.4) is 0 Å². The lowest BCUT2D eigenvalue weighted by Crippen LogP contribution is -2.47. The van der Waals surface area contributed by atoms with E-state index in [1.807, 2.05) is 6.07 Å². The van der Waals surface area contributed by atoms with Crippen LogP contribution in [0.1, 0.15) is 39.5 Å². The minimum absolute atomic E-state index is 0.147. The predicted molar refractivity (Wildman–Crippen MR) is 104 cm³/mol. The number of hydrogen-bond donors (Lipinski definition) is 2. The first kappa shape index (κ1) is 20.0. The van der Waals surface area contributed by atoms with E-state index in [0.717, 1.165) is 12.8 Å². The highest BCUT2D eigenvalue weighted by atomic mass is 16.4. The summed E-state index contributed by atoms with van der Waals surface area (Å²) >= 11 is 0. The van der Waals surface area contributed by atoms with Crippen LogP contribution in [0.5, 0.6) is 0 Å². The van der Waals surface area contributed by atoms with Gasteiger partial charge in [0, 0.05) is 12.5 Å². The maximum absolute atomic E-state index is 12.6. The van der Waals surface area contributed by atoms with Crippen molar-refractivity contribution in [3.8, 4) is 0 Å². The van der Waals surface area contributed by atoms with Gasteiger partial charge >= 0.3 is 5.97 Å². The molecule has 1 aliphatic rings. The SMILES string of the molecule is CC(C)C(NC(=O)C1CCC(Cn2nnc3ccccc3c2=O)CC1)C(=O)O. The molecule has 150 valence electrons. The van der Waals surface area contributed by atoms with Crippen molar-refractivity contribution in [2.24, 2.45) is 17.8 Å². The molecule has 0 aliphatic heterocycles. The molecule has 1 heterocycles. The smallest absolute Gasteiger partial charge is 0.326 e. The zero-order chi connectivity index (χ0) is 20.3. The lowest BCUT2D eigenvalue weighted by atomic mass is 9.81. The first-order chi connectivity index (χ1) is 13.4. The molecule has 1 unspecified atom stereocenters. The monoisotopic (exact) mass is 386 g/mol. The molecule has 1 aromatic carbocycles. The van der Waals surface area contributed by atoms with Crippen molar-refractivity contribution in [2.75, 3.05) is 0 Å². The number of aliphatic carboxylic acids is 1. The van der Waals surface area contributed by atoms with E-state index in [9.17, 15) is 19.5 Å². The van der Waals surface area contributed by atoms with Gasteiger partial charge in [-0.2, -0.15) is 0 Å². The second kappa shape index (κ2) is 8.50. The Morgan fingerprint density at radius 2 is 1.89 bits per heavy atom. The molecule has 1 amide bonds. The van der Waals surface area contributed by atoms with Crippen LogP contribution in [0, 0.1) is 17.8 Å². The summed E-state index contributed by atoms with van der Waals surface area (Å²) in [7, 11) is 0. The molecule has 2 N–H and O–H groups in total. The van der Waals surface area contributed by atoms with E-state index in [4.69, 9.17) is 0 Å². The van der Waals surface area contributed by atoms with E-state index in [1.165, 1.54) is 4.68 Å². The van der Waals surface area contributed by atoms with Gasteiger partial charge in [0.05, 0.1) is 5.39 Å². The average Bonchev–Trinajstić information content (AvgIpc) is 2.68. The molecule has 0 saturated heterocycles. The number of fused-ring (bicyclic) bond motifs is 1. The molecule has 3 rings (SSSR count). The molecular weight excluding hydrogens is 360 g/mol. The fraction of sp³-hybridized carbons (Fsp3) is 0.550. The van der Waals surface area contributed by atoms with Gasteiger partial charge in [-0.05, 0) is 49.7 Å². The number of rotatable bonds is 6. The summed E-state index contributed by atoms with van der Waals surface area (Å²) in [5.41, 5.74) is 0.439. The highest BCUT2D eigenvalue weighted by Gasteiger charge is 2.30. The topological polar surface area (TPSA) is 114 Å². The largest absolute Gasteiger partial charge is 0.480 e. The number of benzene rings is 1. The van der Waals surface area contributed by atoms with Gasteiger partial charge in [-0.1, -0.05) is 31.2 Å². The highest BCUT2D eigenvalue weighted by Crippen LogP contribution is 2.30. The molecule has 1 fully saturated rings. The molecule has 1 atom stereocenters. The lowest BCUT2D eigenvalue weighted by molar-refractivity contribution is -0.144. The van der Waals surface area contributed by atoms with E-state index < -0.39 is 12.0 Å². The predicted octanol–water partition coefficient (Wildman–Crippen LogP) is 1.82. The van der Waals surface area contributed by atoms with Gasteiger partial charge in [0.25, 0.3) is 5.56 Å². The van der Waals surface area contributed by atoms with E-state index in [-0.39, 0.29) is 29.2 Å². The van der Waals surface area contributed by atoms with Gasteiger partial charge < -0.3 is 10.4 Å². The van der Waals surface area contributed by atoms with Crippen molar-refractivity contribution >= 4 is 22.8 Å². The number of hydrogen-bond acceptors (Lipinski definition) is 5. The fourth-order valence-corrected chi connectivity index (χ4v) is 3.78. The molecule has 8 heteroatoms. The average molecular weight is 386 g/mol. The highest BCUT2D eigenvalue weighted by molar-refractivity contribution is 5.85. The van der Waals surface area contributed by atoms with Crippen molar-refractivity contribution < 1.29 is 14.7 Å². The van der Waals surface area contributed by atoms with Crippen LogP contribution in [0.2, 0.25) is 0 Å². The minimum Gasteiger partial charge on any atom is -0.480 e. The second-order valence-electron chi connectivity index (χ2n) is 7.88. The number of nitrogens with zero attached hydrogens (tertiary/aromatic N) is 3. The Kier molecular flexibility index (Phi) is 6.06. The summed E-state index contributed by atoms with van der Waals surface area (Å²) < 4.78 is 1.41. The number of carbonyl (C=O) groups is 2. The van der Waals surface area contributed by atoms with E-state index in [2.05, 4.69) is 15.6 Å². The Balaban J connectivity index is 1.59. The van der Waals surface area contributed by atoms with Gasteiger partial charge in [-0.3, -0.25) is 9.59 Å². The van der Waals surface area contributed by atoms with Crippen LogP contribution >= 0.6 is 0 Å². The number of carbonyl (C=O) groups excluding carboxylic acids is 1. The molecule has 0 spiro atoms. The first-order valence-electron chi connectivity index (χ1n) is 9.72. The van der Waals surface area contributed by atoms with E-state index in [1.54, 1.807) is 32.0 Å². The van der Waals surface area contributed by atoms with Crippen LogP contribution in [-0.2, 0) is 16.1 Å². The summed E-state index contributed by atoms with van der Waals surface area (Å²) in [6.07, 6.45) is 2.93. The molecule has 0 radical (unpaired) electrons. The maximum atomic E-state index is 12.6. The van der Waals surface area contributed by atoms with Gasteiger partial charge in [0.2, 0.25) is 5.91 Å². The van der Waals surface area contributed by atoms with E-state index >= 15 is 0 Å². The van der Waals surface area contributed by atoms with Gasteiger partial charge in [-0.15, -0.1) is 5.10 Å². The third-order valence-corrected chi connectivity index (χ3v) is 5.51. The van der Waals surface area contributed by atoms with Crippen LogP contribution in [0.4, 0.5) is 0 Å². The fourth-order valence-electron chi connectivity index (χ4n) is 3.78. The van der Waals surface area contributed by atoms with Crippen molar-refractivity contribution in [1.82, 2.24) is 20.3 Å². The normalized spacial score (nSPS) is 20.8. The zero-order valence-corrected chi connectivity index (χ0v) is 16.2. The van der Waals surface area contributed by atoms with Gasteiger partial charge in [0.1, 0.15) is 11.6 Å². The molecule has 28 heavy (non-hydrogen) atoms. The second-order valence-corrected chi connectivity index (χ2v) is 7.88. The molecule has 2 aromatic rings. The molecular formula is C20H26N4O4. The maximum Gasteiger partial charge on any atom is 0.326 e. The number of carboxylic acids is 1. The van der Waals surface area contributed by atoms with Crippen molar-refractivity contribution in [3.05, 3.63) is 34.6 Å². The van der Waals surface area contributed by atoms with Crippen molar-refractivity contribution in [1.29, 1.82) is 0 Å². The number of nitrogens with one attached hydrogen (secondary N) is 1. The lowest BCUT2D eigenvalue weighted by Gasteiger charge is -2.29. The summed E-state index contributed by atoms with van der Waals surface area (Å²) in [5.74, 6) is -1.31. The first-order valence-corrected chi connectivity index (χ1v) is 9.72. The van der Waals surface area contributed by atoms with E-state index in [0.29, 0.717) is 30.3 Å². The molecule has 1 saturated carbocycles. The third kappa shape index (κ3) is 4.37. The molecule has 8 nitrogen and oxygen atoms in total. The van der Waals surface area contributed by atoms with Crippen LogP contribution in [0.15, 0.2) is 29.1 Å². The van der Waals surface area contributed by atoms with Crippen molar-refractivity contribution in [3.63, 3.8) is 0 Å². The number of aromatic nitrogens is 3. The Labute approximate surface area is 162 Å². The Morgan fingerprint density at radius 1 is 1.21 bits per heavy atom. The molecule has 0 bridgehead atoms. The Morgan fingerprint density at radius 3 is 2.54 bits per heavy atom. The van der Waals surface area contributed by atoms with Crippen molar-refractivity contribution in [2.45, 2.75) is 52.1 Å². The minimum atomic E-state index is -1.01. The quantitative estimate of drug-likeness (QED) is 0.783. The van der Waals surface area contributed by atoms with Gasteiger partial charge in [0.15, 0.2) is 0 Å². The molecule has 1 aromatic heterocycles. The van der Waals surface area contributed by atoms with Crippen LogP contribution in [-0.4, -0.2) is 38.0 Å². The Hall–Kier alpha value is -2.77. The van der Waals surface area contributed by atoms with Crippen LogP contribution < -0.4 is 10.9 Å². The number of carboxylic acid groups (broad SMARTS) is 1. The summed E-state index contributed by atoms with van der Waals surface area (Å²) in [5, 5.41) is 20.6. The summed E-state index contributed by atoms with van der Waals surface area (Å²) in [4.78, 5) is 36.3.